The van der Waals surface area contributed by atoms with Crippen LogP contribution in [0.2, 0.25) is 0 Å². The lowest BCUT2D eigenvalue weighted by Gasteiger charge is -2.15. The summed E-state index contributed by atoms with van der Waals surface area (Å²) < 4.78 is 5.38. The molecule has 3 N–H and O–H groups in total. The largest absolute Gasteiger partial charge is 0.496 e. The topological polar surface area (TPSA) is 65.9 Å². The van der Waals surface area contributed by atoms with Crippen LogP contribution >= 0.6 is 0 Å². The number of hydrogen-bond donors (Lipinski definition) is 3. The minimum absolute atomic E-state index is 0.184. The molecule has 1 fully saturated rings. The second-order valence-electron chi connectivity index (χ2n) is 6.46. The maximum atomic E-state index is 9.91. The number of ether oxygens (including phenoxy) is 1. The molecule has 0 amide bonds. The summed E-state index contributed by atoms with van der Waals surface area (Å²) in [6.45, 7) is 6.44. The Labute approximate surface area is 145 Å². The molecule has 134 valence electrons. The first kappa shape index (κ1) is 18.6. The van der Waals surface area contributed by atoms with Gasteiger partial charge in [-0.3, -0.25) is 4.99 Å². The highest BCUT2D eigenvalue weighted by Gasteiger charge is 2.24. The van der Waals surface area contributed by atoms with E-state index in [9.17, 15) is 5.11 Å². The molecule has 0 bridgehead atoms. The first-order valence-electron chi connectivity index (χ1n) is 8.97. The van der Waals surface area contributed by atoms with Gasteiger partial charge in [-0.1, -0.05) is 18.6 Å². The molecule has 2 atom stereocenters. The zero-order chi connectivity index (χ0) is 17.4. The number of guanidine groups is 1. The summed E-state index contributed by atoms with van der Waals surface area (Å²) >= 11 is 0. The molecule has 0 aromatic heterocycles. The van der Waals surface area contributed by atoms with Gasteiger partial charge in [0.25, 0.3) is 0 Å². The van der Waals surface area contributed by atoms with Crippen LogP contribution in [0.15, 0.2) is 23.2 Å². The lowest BCUT2D eigenvalue weighted by molar-refractivity contribution is 0.136. The van der Waals surface area contributed by atoms with E-state index >= 15 is 0 Å². The molecule has 2 rings (SSSR count). The van der Waals surface area contributed by atoms with Crippen molar-refractivity contribution in [1.29, 1.82) is 0 Å². The first-order chi connectivity index (χ1) is 11.6. The lowest BCUT2D eigenvalue weighted by atomic mass is 10.1. The van der Waals surface area contributed by atoms with Gasteiger partial charge in [0, 0.05) is 25.6 Å². The smallest absolute Gasteiger partial charge is 0.191 e. The number of nitrogens with one attached hydrogen (secondary N) is 2. The van der Waals surface area contributed by atoms with E-state index < -0.39 is 0 Å². The lowest BCUT2D eigenvalue weighted by Crippen LogP contribution is -2.39. The fraction of sp³-hybridized carbons (Fsp3) is 0.632. The Balaban J connectivity index is 1.84. The van der Waals surface area contributed by atoms with Gasteiger partial charge in [-0.05, 0) is 50.3 Å². The third-order valence-corrected chi connectivity index (χ3v) is 4.63. The number of aryl methyl sites for hydroxylation is 1. The molecule has 1 aromatic carbocycles. The van der Waals surface area contributed by atoms with Crippen LogP contribution in [0, 0.1) is 12.8 Å². The Morgan fingerprint density at radius 1 is 1.33 bits per heavy atom. The van der Waals surface area contributed by atoms with Crippen LogP contribution in [-0.2, 0) is 6.42 Å². The Kier molecular flexibility index (Phi) is 7.37. The fourth-order valence-corrected chi connectivity index (χ4v) is 3.13. The molecule has 5 heteroatoms. The highest BCUT2D eigenvalue weighted by atomic mass is 16.5. The number of aliphatic hydroxyl groups excluding tert-OH is 1. The second-order valence-corrected chi connectivity index (χ2v) is 6.46. The maximum absolute atomic E-state index is 9.91. The third-order valence-electron chi connectivity index (χ3n) is 4.63. The summed E-state index contributed by atoms with van der Waals surface area (Å²) in [5.74, 6) is 2.07. The van der Waals surface area contributed by atoms with Crippen molar-refractivity contribution in [1.82, 2.24) is 10.6 Å². The van der Waals surface area contributed by atoms with E-state index in [1.54, 1.807) is 7.11 Å². The highest BCUT2D eigenvalue weighted by Crippen LogP contribution is 2.25. The summed E-state index contributed by atoms with van der Waals surface area (Å²) in [6, 6.07) is 6.32. The van der Waals surface area contributed by atoms with Gasteiger partial charge in [0.2, 0.25) is 0 Å². The summed E-state index contributed by atoms with van der Waals surface area (Å²) in [7, 11) is 1.71. The third kappa shape index (κ3) is 5.41. The second kappa shape index (κ2) is 9.52. The first-order valence-corrected chi connectivity index (χ1v) is 8.97. The van der Waals surface area contributed by atoms with Gasteiger partial charge in [-0.2, -0.15) is 0 Å². The number of aliphatic hydroxyl groups is 1. The predicted molar refractivity (Wildman–Crippen MR) is 98.8 cm³/mol. The highest BCUT2D eigenvalue weighted by molar-refractivity contribution is 5.79. The number of rotatable bonds is 7. The van der Waals surface area contributed by atoms with Crippen LogP contribution in [0.25, 0.3) is 0 Å². The van der Waals surface area contributed by atoms with E-state index in [2.05, 4.69) is 40.7 Å². The average molecular weight is 333 g/mol. The van der Waals surface area contributed by atoms with E-state index in [0.29, 0.717) is 12.5 Å². The molecule has 1 aromatic rings. The quantitative estimate of drug-likeness (QED) is 0.529. The van der Waals surface area contributed by atoms with Crippen molar-refractivity contribution in [3.8, 4) is 5.75 Å². The molecule has 2 unspecified atom stereocenters. The van der Waals surface area contributed by atoms with Gasteiger partial charge in [-0.15, -0.1) is 0 Å². The summed E-state index contributed by atoms with van der Waals surface area (Å²) in [4.78, 5) is 4.63. The molecule has 1 aliphatic rings. The average Bonchev–Trinajstić information content (AvgIpc) is 2.99. The van der Waals surface area contributed by atoms with Crippen molar-refractivity contribution in [2.45, 2.75) is 45.6 Å². The fourth-order valence-electron chi connectivity index (χ4n) is 3.13. The van der Waals surface area contributed by atoms with Crippen LogP contribution in [0.5, 0.6) is 5.75 Å². The Hall–Kier alpha value is -1.75. The molecule has 0 spiro atoms. The SMILES string of the molecule is CCNC(=NCC1CCCC1O)NCCc1ccc(C)c(OC)c1. The van der Waals surface area contributed by atoms with Gasteiger partial charge < -0.3 is 20.5 Å². The van der Waals surface area contributed by atoms with E-state index in [0.717, 1.165) is 56.0 Å². The molecular formula is C19H31N3O2. The number of hydrogen-bond acceptors (Lipinski definition) is 3. The van der Waals surface area contributed by atoms with Crippen LogP contribution < -0.4 is 15.4 Å². The summed E-state index contributed by atoms with van der Waals surface area (Å²) in [5.41, 5.74) is 2.39. The molecule has 0 heterocycles. The Morgan fingerprint density at radius 2 is 2.17 bits per heavy atom. The molecular weight excluding hydrogens is 302 g/mol. The minimum atomic E-state index is -0.184. The van der Waals surface area contributed by atoms with Crippen molar-refractivity contribution in [3.63, 3.8) is 0 Å². The van der Waals surface area contributed by atoms with Gasteiger partial charge in [0.05, 0.1) is 13.2 Å². The van der Waals surface area contributed by atoms with Crippen LogP contribution in [0.1, 0.15) is 37.3 Å². The van der Waals surface area contributed by atoms with E-state index in [1.807, 2.05) is 6.92 Å². The maximum Gasteiger partial charge on any atom is 0.191 e. The van der Waals surface area contributed by atoms with Crippen LogP contribution in [0.3, 0.4) is 0 Å². The zero-order valence-corrected chi connectivity index (χ0v) is 15.1. The summed E-state index contributed by atoms with van der Waals surface area (Å²) in [5, 5.41) is 16.6. The molecule has 0 saturated heterocycles. The Bertz CT molecular complexity index is 545. The standard InChI is InChI=1S/C19H31N3O2/c1-4-20-19(22-13-16-6-5-7-17(16)23)21-11-10-15-9-8-14(2)18(12-15)24-3/h8-9,12,16-17,23H,4-7,10-11,13H2,1-3H3,(H2,20,21,22). The molecule has 0 aliphatic heterocycles. The zero-order valence-electron chi connectivity index (χ0n) is 15.1. The Morgan fingerprint density at radius 3 is 2.83 bits per heavy atom. The molecule has 24 heavy (non-hydrogen) atoms. The van der Waals surface area contributed by atoms with Gasteiger partial charge in [-0.25, -0.2) is 0 Å². The van der Waals surface area contributed by atoms with Crippen molar-refractivity contribution < 1.29 is 9.84 Å². The van der Waals surface area contributed by atoms with Crippen LogP contribution in [-0.4, -0.2) is 43.9 Å². The number of methoxy groups -OCH3 is 1. The monoisotopic (exact) mass is 333 g/mol. The van der Waals surface area contributed by atoms with Gasteiger partial charge >= 0.3 is 0 Å². The van der Waals surface area contributed by atoms with E-state index in [1.165, 1.54) is 5.56 Å². The summed E-state index contributed by atoms with van der Waals surface area (Å²) in [6.07, 6.45) is 3.83. The molecule has 5 nitrogen and oxygen atoms in total. The van der Waals surface area contributed by atoms with E-state index in [4.69, 9.17) is 4.74 Å². The molecule has 1 aliphatic carbocycles. The normalized spacial score (nSPS) is 20.9. The number of nitrogens with zero attached hydrogens (tertiary/aromatic N) is 1. The van der Waals surface area contributed by atoms with Crippen molar-refractivity contribution in [2.24, 2.45) is 10.9 Å². The molecule has 1 saturated carbocycles. The molecule has 0 radical (unpaired) electrons. The number of aliphatic imine (C=N–C) groups is 1. The van der Waals surface area contributed by atoms with Gasteiger partial charge in [0.15, 0.2) is 5.96 Å². The van der Waals surface area contributed by atoms with E-state index in [-0.39, 0.29) is 6.10 Å². The van der Waals surface area contributed by atoms with Crippen molar-refractivity contribution in [3.05, 3.63) is 29.3 Å². The number of benzene rings is 1. The minimum Gasteiger partial charge on any atom is -0.496 e. The van der Waals surface area contributed by atoms with Crippen LogP contribution in [0.4, 0.5) is 0 Å². The van der Waals surface area contributed by atoms with Gasteiger partial charge in [0.1, 0.15) is 5.75 Å². The van der Waals surface area contributed by atoms with Crippen molar-refractivity contribution in [2.75, 3.05) is 26.7 Å². The predicted octanol–water partition coefficient (Wildman–Crippen LogP) is 2.26. The van der Waals surface area contributed by atoms with Crippen molar-refractivity contribution >= 4 is 5.96 Å².